The van der Waals surface area contributed by atoms with Gasteiger partial charge >= 0.3 is 0 Å². The van der Waals surface area contributed by atoms with E-state index in [9.17, 15) is 4.79 Å². The fourth-order valence-electron chi connectivity index (χ4n) is 1.70. The summed E-state index contributed by atoms with van der Waals surface area (Å²) in [5, 5.41) is 7.59. The van der Waals surface area contributed by atoms with Crippen LogP contribution < -0.4 is 16.4 Å². The third-order valence-corrected chi connectivity index (χ3v) is 4.73. The summed E-state index contributed by atoms with van der Waals surface area (Å²) in [6, 6.07) is 0.0860. The van der Waals surface area contributed by atoms with E-state index in [1.54, 1.807) is 17.5 Å². The summed E-state index contributed by atoms with van der Waals surface area (Å²) in [7, 11) is 0. The highest BCUT2D eigenvalue weighted by Gasteiger charge is 2.20. The molecule has 8 heteroatoms. The van der Waals surface area contributed by atoms with Crippen LogP contribution >= 0.6 is 22.7 Å². The molecule has 2 rings (SSSR count). The smallest absolute Gasteiger partial charge is 0.265 e. The molecule has 0 aliphatic carbocycles. The Morgan fingerprint density at radius 3 is 2.62 bits per heavy atom. The highest BCUT2D eigenvalue weighted by atomic mass is 32.1. The SMILES string of the molecule is Cc1cnc(C(C)NC(=O)c2sc(NC(C)C)nc2N)s1. The van der Waals surface area contributed by atoms with Gasteiger partial charge in [-0.05, 0) is 27.7 Å². The molecule has 6 nitrogen and oxygen atoms in total. The Morgan fingerprint density at radius 2 is 2.05 bits per heavy atom. The molecule has 2 aromatic rings. The van der Waals surface area contributed by atoms with E-state index in [0.29, 0.717) is 10.0 Å². The van der Waals surface area contributed by atoms with Crippen molar-refractivity contribution in [1.29, 1.82) is 0 Å². The normalized spacial score (nSPS) is 12.4. The van der Waals surface area contributed by atoms with Crippen LogP contribution in [0.4, 0.5) is 10.9 Å². The molecule has 114 valence electrons. The summed E-state index contributed by atoms with van der Waals surface area (Å²) in [5.74, 6) is 0.0327. The van der Waals surface area contributed by atoms with E-state index in [-0.39, 0.29) is 23.8 Å². The predicted octanol–water partition coefficient (Wildman–Crippen LogP) is 2.80. The molecule has 2 aromatic heterocycles. The fraction of sp³-hybridized carbons (Fsp3) is 0.462. The first-order chi connectivity index (χ1) is 9.86. The van der Waals surface area contributed by atoms with Gasteiger partial charge in [0.2, 0.25) is 0 Å². The van der Waals surface area contributed by atoms with Crippen LogP contribution in [0.3, 0.4) is 0 Å². The molecular formula is C13H19N5OS2. The molecular weight excluding hydrogens is 306 g/mol. The molecule has 0 aliphatic rings. The van der Waals surface area contributed by atoms with Gasteiger partial charge in [0.1, 0.15) is 15.7 Å². The van der Waals surface area contributed by atoms with E-state index in [1.165, 1.54) is 11.3 Å². The highest BCUT2D eigenvalue weighted by molar-refractivity contribution is 7.18. The number of anilines is 2. The second kappa shape index (κ2) is 6.40. The Bertz CT molecular complexity index is 634. The maximum absolute atomic E-state index is 12.3. The van der Waals surface area contributed by atoms with Crippen LogP contribution in [0.1, 0.15) is 46.4 Å². The Morgan fingerprint density at radius 1 is 1.33 bits per heavy atom. The molecule has 1 atom stereocenters. The number of nitrogens with two attached hydrogens (primary N) is 1. The number of aromatic nitrogens is 2. The maximum Gasteiger partial charge on any atom is 0.265 e. The second-order valence-corrected chi connectivity index (χ2v) is 7.30. The van der Waals surface area contributed by atoms with Crippen LogP contribution in [0.25, 0.3) is 0 Å². The molecule has 1 amide bonds. The third kappa shape index (κ3) is 3.92. The van der Waals surface area contributed by atoms with Crippen molar-refractivity contribution < 1.29 is 4.79 Å². The first-order valence-electron chi connectivity index (χ1n) is 6.63. The number of thiazole rings is 2. The number of nitrogens with one attached hydrogen (secondary N) is 2. The molecule has 0 aromatic carbocycles. The summed E-state index contributed by atoms with van der Waals surface area (Å²) < 4.78 is 0. The zero-order chi connectivity index (χ0) is 15.6. The molecule has 0 bridgehead atoms. The summed E-state index contributed by atoms with van der Waals surface area (Å²) in [6.07, 6.45) is 1.80. The number of amides is 1. The minimum Gasteiger partial charge on any atom is -0.382 e. The van der Waals surface area contributed by atoms with Gasteiger partial charge in [0.25, 0.3) is 5.91 Å². The van der Waals surface area contributed by atoms with Crippen molar-refractivity contribution in [3.05, 3.63) is 21.0 Å². The molecule has 21 heavy (non-hydrogen) atoms. The fourth-order valence-corrected chi connectivity index (χ4v) is 3.41. The van der Waals surface area contributed by atoms with Crippen molar-refractivity contribution in [2.24, 2.45) is 0 Å². The van der Waals surface area contributed by atoms with E-state index in [2.05, 4.69) is 20.6 Å². The average Bonchev–Trinajstić information content (AvgIpc) is 2.95. The van der Waals surface area contributed by atoms with Crippen LogP contribution in [-0.4, -0.2) is 21.9 Å². The number of carbonyl (C=O) groups is 1. The van der Waals surface area contributed by atoms with Gasteiger partial charge in [-0.2, -0.15) is 0 Å². The number of hydrogen-bond donors (Lipinski definition) is 3. The highest BCUT2D eigenvalue weighted by Crippen LogP contribution is 2.26. The predicted molar refractivity (Wildman–Crippen MR) is 88.0 cm³/mol. The first-order valence-corrected chi connectivity index (χ1v) is 8.26. The molecule has 4 N–H and O–H groups in total. The Hall–Kier alpha value is -1.67. The van der Waals surface area contributed by atoms with Crippen LogP contribution in [0, 0.1) is 6.92 Å². The van der Waals surface area contributed by atoms with Crippen molar-refractivity contribution in [2.45, 2.75) is 39.8 Å². The number of nitrogens with zero attached hydrogens (tertiary/aromatic N) is 2. The van der Waals surface area contributed by atoms with Gasteiger partial charge in [0.15, 0.2) is 5.13 Å². The van der Waals surface area contributed by atoms with Crippen LogP contribution in [0.5, 0.6) is 0 Å². The third-order valence-electron chi connectivity index (χ3n) is 2.63. The lowest BCUT2D eigenvalue weighted by Crippen LogP contribution is -2.26. The van der Waals surface area contributed by atoms with Crippen molar-refractivity contribution in [3.8, 4) is 0 Å². The lowest BCUT2D eigenvalue weighted by Gasteiger charge is -2.10. The number of aryl methyl sites for hydroxylation is 1. The minimum atomic E-state index is -0.220. The van der Waals surface area contributed by atoms with Gasteiger partial charge < -0.3 is 16.4 Å². The Labute approximate surface area is 131 Å². The van der Waals surface area contributed by atoms with E-state index in [4.69, 9.17) is 5.73 Å². The second-order valence-electron chi connectivity index (χ2n) is 5.04. The lowest BCUT2D eigenvalue weighted by molar-refractivity contribution is 0.0944. The number of nitrogen functional groups attached to an aromatic ring is 1. The summed E-state index contributed by atoms with van der Waals surface area (Å²) in [4.78, 5) is 22.3. The van der Waals surface area contributed by atoms with E-state index in [1.807, 2.05) is 27.7 Å². The maximum atomic E-state index is 12.3. The van der Waals surface area contributed by atoms with Crippen LogP contribution in [0.2, 0.25) is 0 Å². The van der Waals surface area contributed by atoms with Crippen molar-refractivity contribution >= 4 is 39.5 Å². The quantitative estimate of drug-likeness (QED) is 0.786. The van der Waals surface area contributed by atoms with Gasteiger partial charge in [-0.1, -0.05) is 11.3 Å². The molecule has 0 radical (unpaired) electrons. The van der Waals surface area contributed by atoms with E-state index < -0.39 is 0 Å². The molecule has 0 saturated carbocycles. The van der Waals surface area contributed by atoms with Crippen molar-refractivity contribution in [1.82, 2.24) is 15.3 Å². The molecule has 0 saturated heterocycles. The molecule has 0 spiro atoms. The number of carbonyl (C=O) groups excluding carboxylic acids is 1. The van der Waals surface area contributed by atoms with Gasteiger partial charge in [-0.25, -0.2) is 9.97 Å². The van der Waals surface area contributed by atoms with Gasteiger partial charge in [0, 0.05) is 17.1 Å². The summed E-state index contributed by atoms with van der Waals surface area (Å²) >= 11 is 2.83. The topological polar surface area (TPSA) is 92.9 Å². The minimum absolute atomic E-state index is 0.154. The largest absolute Gasteiger partial charge is 0.382 e. The van der Waals surface area contributed by atoms with Gasteiger partial charge in [0.05, 0.1) is 6.04 Å². The van der Waals surface area contributed by atoms with E-state index >= 15 is 0 Å². The van der Waals surface area contributed by atoms with Gasteiger partial charge in [-0.15, -0.1) is 11.3 Å². The zero-order valence-electron chi connectivity index (χ0n) is 12.4. The Kier molecular flexibility index (Phi) is 4.79. The lowest BCUT2D eigenvalue weighted by atomic mass is 10.3. The van der Waals surface area contributed by atoms with E-state index in [0.717, 1.165) is 9.88 Å². The van der Waals surface area contributed by atoms with Crippen LogP contribution in [0.15, 0.2) is 6.20 Å². The molecule has 1 unspecified atom stereocenters. The number of hydrogen-bond acceptors (Lipinski definition) is 7. The summed E-state index contributed by atoms with van der Waals surface area (Å²) in [5.41, 5.74) is 5.82. The van der Waals surface area contributed by atoms with Crippen molar-refractivity contribution in [2.75, 3.05) is 11.1 Å². The first kappa shape index (κ1) is 15.7. The Balaban J connectivity index is 2.08. The average molecular weight is 325 g/mol. The molecule has 2 heterocycles. The van der Waals surface area contributed by atoms with Crippen LogP contribution in [-0.2, 0) is 0 Å². The van der Waals surface area contributed by atoms with Gasteiger partial charge in [-0.3, -0.25) is 4.79 Å². The summed E-state index contributed by atoms with van der Waals surface area (Å²) in [6.45, 7) is 7.90. The monoisotopic (exact) mass is 325 g/mol. The zero-order valence-corrected chi connectivity index (χ0v) is 14.1. The molecule has 0 aliphatic heterocycles. The number of rotatable bonds is 5. The standard InChI is InChI=1S/C13H19N5OS2/c1-6(2)16-13-18-10(14)9(21-13)11(19)17-8(4)12-15-5-7(3)20-12/h5-6,8H,14H2,1-4H3,(H,16,18)(H,17,19). The van der Waals surface area contributed by atoms with Crippen molar-refractivity contribution in [3.63, 3.8) is 0 Å². The molecule has 0 fully saturated rings.